The fourth-order valence-corrected chi connectivity index (χ4v) is 1.61. The molecule has 0 aliphatic carbocycles. The number of hydrogen-bond acceptors (Lipinski definition) is 2. The van der Waals surface area contributed by atoms with Gasteiger partial charge in [-0.3, -0.25) is 4.79 Å². The maximum Gasteiger partial charge on any atom is 0.149 e. The zero-order valence-corrected chi connectivity index (χ0v) is 7.39. The van der Waals surface area contributed by atoms with E-state index in [1.807, 2.05) is 0 Å². The summed E-state index contributed by atoms with van der Waals surface area (Å²) in [6, 6.07) is 0. The summed E-state index contributed by atoms with van der Waals surface area (Å²) < 4.78 is 0. The van der Waals surface area contributed by atoms with Crippen molar-refractivity contribution >= 4 is 5.78 Å². The molecule has 0 amide bonds. The van der Waals surface area contributed by atoms with Crippen molar-refractivity contribution in [3.63, 3.8) is 0 Å². The Morgan fingerprint density at radius 3 is 2.91 bits per heavy atom. The molecule has 1 N–H and O–H groups in total. The topological polar surface area (TPSA) is 29.1 Å². The second kappa shape index (κ2) is 3.86. The van der Waals surface area contributed by atoms with E-state index in [2.05, 4.69) is 19.2 Å². The zero-order chi connectivity index (χ0) is 8.27. The Hall–Kier alpha value is -0.370. The summed E-state index contributed by atoms with van der Waals surface area (Å²) in [6.45, 7) is 5.96. The third-order valence-electron chi connectivity index (χ3n) is 2.18. The van der Waals surface area contributed by atoms with E-state index in [0.717, 1.165) is 19.4 Å². The van der Waals surface area contributed by atoms with Crippen LogP contribution in [0.2, 0.25) is 0 Å². The van der Waals surface area contributed by atoms with Crippen molar-refractivity contribution in [1.29, 1.82) is 0 Å². The van der Waals surface area contributed by atoms with Gasteiger partial charge >= 0.3 is 0 Å². The van der Waals surface area contributed by atoms with Crippen LogP contribution in [0.5, 0.6) is 0 Å². The Labute approximate surface area is 68.4 Å². The van der Waals surface area contributed by atoms with Crippen molar-refractivity contribution in [1.82, 2.24) is 5.32 Å². The molecule has 0 radical (unpaired) electrons. The number of carbonyl (C=O) groups is 1. The van der Waals surface area contributed by atoms with Crippen LogP contribution in [0, 0.1) is 11.8 Å². The molecule has 1 fully saturated rings. The molecule has 1 aliphatic heterocycles. The van der Waals surface area contributed by atoms with Crippen molar-refractivity contribution in [3.8, 4) is 0 Å². The molecule has 1 atom stereocenters. The van der Waals surface area contributed by atoms with Gasteiger partial charge in [0.05, 0.1) is 6.54 Å². The van der Waals surface area contributed by atoms with Gasteiger partial charge in [-0.15, -0.1) is 0 Å². The number of Topliss-reactive ketones (excluding diaryl/α,β-unsaturated/α-hetero) is 1. The highest BCUT2D eigenvalue weighted by Gasteiger charge is 2.21. The molecule has 0 aromatic rings. The number of rotatable bonds is 2. The summed E-state index contributed by atoms with van der Waals surface area (Å²) in [4.78, 5) is 11.3. The third-order valence-corrected chi connectivity index (χ3v) is 2.18. The lowest BCUT2D eigenvalue weighted by atomic mass is 9.88. The average molecular weight is 155 g/mol. The smallest absolute Gasteiger partial charge is 0.149 e. The van der Waals surface area contributed by atoms with Gasteiger partial charge in [0.1, 0.15) is 5.78 Å². The number of carbonyl (C=O) groups excluding carboxylic acids is 1. The average Bonchev–Trinajstić information content (AvgIpc) is 1.93. The molecule has 0 bridgehead atoms. The van der Waals surface area contributed by atoms with Crippen LogP contribution in [0.4, 0.5) is 0 Å². The Kier molecular flexibility index (Phi) is 3.06. The van der Waals surface area contributed by atoms with Gasteiger partial charge < -0.3 is 5.32 Å². The molecule has 64 valence electrons. The molecular weight excluding hydrogens is 138 g/mol. The van der Waals surface area contributed by atoms with Crippen LogP contribution >= 0.6 is 0 Å². The lowest BCUT2D eigenvalue weighted by Crippen LogP contribution is -2.37. The summed E-state index contributed by atoms with van der Waals surface area (Å²) in [5, 5.41) is 3.09. The van der Waals surface area contributed by atoms with Crippen molar-refractivity contribution < 1.29 is 4.79 Å². The second-order valence-corrected chi connectivity index (χ2v) is 3.76. The van der Waals surface area contributed by atoms with Gasteiger partial charge in [-0.05, 0) is 25.3 Å². The molecule has 2 nitrogen and oxygen atoms in total. The molecular formula is C9H17NO. The molecule has 0 saturated carbocycles. The van der Waals surface area contributed by atoms with Crippen LogP contribution in [-0.4, -0.2) is 18.9 Å². The summed E-state index contributed by atoms with van der Waals surface area (Å²) in [6.07, 6.45) is 2.11. The van der Waals surface area contributed by atoms with Gasteiger partial charge in [-0.2, -0.15) is 0 Å². The van der Waals surface area contributed by atoms with E-state index in [4.69, 9.17) is 0 Å². The summed E-state index contributed by atoms with van der Waals surface area (Å²) in [5.41, 5.74) is 0. The highest BCUT2D eigenvalue weighted by atomic mass is 16.1. The lowest BCUT2D eigenvalue weighted by Gasteiger charge is -2.22. The molecule has 0 aromatic heterocycles. The molecule has 0 aromatic carbocycles. The van der Waals surface area contributed by atoms with Gasteiger partial charge in [0.15, 0.2) is 0 Å². The fourth-order valence-electron chi connectivity index (χ4n) is 1.61. The van der Waals surface area contributed by atoms with Gasteiger partial charge in [0.2, 0.25) is 0 Å². The van der Waals surface area contributed by atoms with Gasteiger partial charge in [0.25, 0.3) is 0 Å². The first-order valence-electron chi connectivity index (χ1n) is 4.43. The van der Waals surface area contributed by atoms with E-state index in [1.54, 1.807) is 0 Å². The maximum atomic E-state index is 11.3. The summed E-state index contributed by atoms with van der Waals surface area (Å²) >= 11 is 0. The molecule has 11 heavy (non-hydrogen) atoms. The van der Waals surface area contributed by atoms with Crippen LogP contribution < -0.4 is 5.32 Å². The van der Waals surface area contributed by atoms with Crippen molar-refractivity contribution in [2.45, 2.75) is 26.7 Å². The minimum absolute atomic E-state index is 0.344. The number of hydrogen-bond donors (Lipinski definition) is 1. The van der Waals surface area contributed by atoms with Crippen molar-refractivity contribution in [3.05, 3.63) is 0 Å². The zero-order valence-electron chi connectivity index (χ0n) is 7.39. The first-order chi connectivity index (χ1) is 5.20. The van der Waals surface area contributed by atoms with Crippen LogP contribution in [0.3, 0.4) is 0 Å². The predicted octanol–water partition coefficient (Wildman–Crippen LogP) is 1.21. The van der Waals surface area contributed by atoms with E-state index < -0.39 is 0 Å². The highest BCUT2D eigenvalue weighted by Crippen LogP contribution is 2.17. The Bertz CT molecular complexity index is 142. The Morgan fingerprint density at radius 1 is 1.64 bits per heavy atom. The van der Waals surface area contributed by atoms with E-state index in [0.29, 0.717) is 24.2 Å². The normalized spacial score (nSPS) is 26.1. The largest absolute Gasteiger partial charge is 0.310 e. The van der Waals surface area contributed by atoms with E-state index in [-0.39, 0.29) is 0 Å². The number of piperidine rings is 1. The monoisotopic (exact) mass is 155 g/mol. The summed E-state index contributed by atoms with van der Waals surface area (Å²) in [7, 11) is 0. The Morgan fingerprint density at radius 2 is 2.36 bits per heavy atom. The third kappa shape index (κ3) is 2.62. The fraction of sp³-hybridized carbons (Fsp3) is 0.889. The van der Waals surface area contributed by atoms with E-state index in [1.165, 1.54) is 0 Å². The van der Waals surface area contributed by atoms with Gasteiger partial charge in [-0.1, -0.05) is 13.8 Å². The van der Waals surface area contributed by atoms with Crippen molar-refractivity contribution in [2.24, 2.45) is 11.8 Å². The minimum atomic E-state index is 0.344. The van der Waals surface area contributed by atoms with Crippen LogP contribution in [0.25, 0.3) is 0 Å². The molecule has 1 heterocycles. The molecule has 1 unspecified atom stereocenters. The molecule has 0 spiro atoms. The van der Waals surface area contributed by atoms with E-state index in [9.17, 15) is 4.79 Å². The molecule has 1 saturated heterocycles. The standard InChI is InChI=1S/C9H17NO/c1-7(2)5-8-3-4-10-6-9(8)11/h7-8,10H,3-6H2,1-2H3. The quantitative estimate of drug-likeness (QED) is 0.649. The van der Waals surface area contributed by atoms with Crippen LogP contribution in [0.1, 0.15) is 26.7 Å². The van der Waals surface area contributed by atoms with Gasteiger partial charge in [-0.25, -0.2) is 0 Å². The number of nitrogens with one attached hydrogen (secondary N) is 1. The minimum Gasteiger partial charge on any atom is -0.310 e. The molecule has 1 aliphatic rings. The highest BCUT2D eigenvalue weighted by molar-refractivity contribution is 5.83. The van der Waals surface area contributed by atoms with Crippen LogP contribution in [0.15, 0.2) is 0 Å². The SMILES string of the molecule is CC(C)CC1CCNCC1=O. The first-order valence-corrected chi connectivity index (χ1v) is 4.43. The van der Waals surface area contributed by atoms with Crippen molar-refractivity contribution in [2.75, 3.05) is 13.1 Å². The van der Waals surface area contributed by atoms with Crippen LogP contribution in [-0.2, 0) is 4.79 Å². The Balaban J connectivity index is 2.36. The predicted molar refractivity (Wildman–Crippen MR) is 45.4 cm³/mol. The lowest BCUT2D eigenvalue weighted by molar-refractivity contribution is -0.123. The number of ketones is 1. The second-order valence-electron chi connectivity index (χ2n) is 3.76. The maximum absolute atomic E-state index is 11.3. The molecule has 1 rings (SSSR count). The summed E-state index contributed by atoms with van der Waals surface area (Å²) in [5.74, 6) is 1.41. The molecule has 2 heteroatoms. The van der Waals surface area contributed by atoms with E-state index >= 15 is 0 Å². The first kappa shape index (κ1) is 8.72. The van der Waals surface area contributed by atoms with Gasteiger partial charge in [0, 0.05) is 5.92 Å².